The number of ether oxygens (including phenoxy) is 1. The molecule has 2 N–H and O–H groups in total. The highest BCUT2D eigenvalue weighted by atomic mass is 32.1. The fraction of sp³-hybridized carbons (Fsp3) is 0.150. The molecule has 2 amide bonds. The minimum Gasteiger partial charge on any atom is -0.481 e. The SMILES string of the molecule is CC(=O)Nc1sc(NC(=O)COc2ccccc2F)nc1-c1ccc(C)cc1. The third-order valence-electron chi connectivity index (χ3n) is 3.68. The Labute approximate surface area is 165 Å². The fourth-order valence-electron chi connectivity index (χ4n) is 2.39. The maximum absolute atomic E-state index is 13.6. The van der Waals surface area contributed by atoms with Crippen LogP contribution < -0.4 is 15.4 Å². The molecule has 0 radical (unpaired) electrons. The zero-order chi connectivity index (χ0) is 20.1. The number of halogens is 1. The van der Waals surface area contributed by atoms with E-state index in [4.69, 9.17) is 4.74 Å². The molecule has 0 saturated carbocycles. The number of rotatable bonds is 6. The molecule has 3 aromatic rings. The van der Waals surface area contributed by atoms with Gasteiger partial charge in [0.2, 0.25) is 5.91 Å². The monoisotopic (exact) mass is 399 g/mol. The molecule has 8 heteroatoms. The predicted molar refractivity (Wildman–Crippen MR) is 107 cm³/mol. The first-order valence-corrected chi connectivity index (χ1v) is 9.26. The average Bonchev–Trinajstić information content (AvgIpc) is 3.03. The largest absolute Gasteiger partial charge is 0.481 e. The van der Waals surface area contributed by atoms with Gasteiger partial charge in [-0.15, -0.1) is 0 Å². The van der Waals surface area contributed by atoms with Crippen LogP contribution in [0.5, 0.6) is 5.75 Å². The van der Waals surface area contributed by atoms with E-state index in [9.17, 15) is 14.0 Å². The number of amides is 2. The lowest BCUT2D eigenvalue weighted by Crippen LogP contribution is -2.20. The molecule has 6 nitrogen and oxygen atoms in total. The number of anilines is 2. The van der Waals surface area contributed by atoms with E-state index in [0.717, 1.165) is 22.5 Å². The number of hydrogen-bond acceptors (Lipinski definition) is 5. The number of carbonyl (C=O) groups excluding carboxylic acids is 2. The van der Waals surface area contributed by atoms with Crippen molar-refractivity contribution in [2.24, 2.45) is 0 Å². The van der Waals surface area contributed by atoms with Crippen molar-refractivity contribution in [3.05, 3.63) is 59.9 Å². The zero-order valence-corrected chi connectivity index (χ0v) is 16.1. The highest BCUT2D eigenvalue weighted by molar-refractivity contribution is 7.20. The first-order valence-electron chi connectivity index (χ1n) is 8.45. The molecule has 0 atom stereocenters. The van der Waals surface area contributed by atoms with E-state index in [1.165, 1.54) is 25.1 Å². The van der Waals surface area contributed by atoms with Crippen LogP contribution in [0.3, 0.4) is 0 Å². The Morgan fingerprint density at radius 1 is 1.11 bits per heavy atom. The summed E-state index contributed by atoms with van der Waals surface area (Å²) in [5.74, 6) is -1.27. The van der Waals surface area contributed by atoms with Crippen molar-refractivity contribution in [1.82, 2.24) is 4.98 Å². The van der Waals surface area contributed by atoms with Crippen LogP contribution in [-0.4, -0.2) is 23.4 Å². The van der Waals surface area contributed by atoms with Gasteiger partial charge >= 0.3 is 0 Å². The first-order chi connectivity index (χ1) is 13.4. The number of thiazole rings is 1. The fourth-order valence-corrected chi connectivity index (χ4v) is 3.34. The Hall–Kier alpha value is -3.26. The molecule has 0 unspecified atom stereocenters. The molecule has 0 aliphatic heterocycles. The molecule has 0 spiro atoms. The molecule has 0 fully saturated rings. The van der Waals surface area contributed by atoms with Gasteiger partial charge in [0.25, 0.3) is 5.91 Å². The summed E-state index contributed by atoms with van der Waals surface area (Å²) < 4.78 is 18.7. The topological polar surface area (TPSA) is 80.3 Å². The molecule has 0 aliphatic carbocycles. The van der Waals surface area contributed by atoms with Crippen LogP contribution in [0.15, 0.2) is 48.5 Å². The van der Waals surface area contributed by atoms with Crippen molar-refractivity contribution >= 4 is 33.3 Å². The molecule has 144 valence electrons. The Morgan fingerprint density at radius 2 is 1.82 bits per heavy atom. The van der Waals surface area contributed by atoms with E-state index >= 15 is 0 Å². The number of aryl methyl sites for hydroxylation is 1. The molecule has 0 bridgehead atoms. The second-order valence-corrected chi connectivity index (χ2v) is 7.01. The summed E-state index contributed by atoms with van der Waals surface area (Å²) in [7, 11) is 0. The molecule has 0 aliphatic rings. The van der Waals surface area contributed by atoms with Crippen molar-refractivity contribution in [1.29, 1.82) is 0 Å². The second-order valence-electron chi connectivity index (χ2n) is 6.01. The number of benzene rings is 2. The van der Waals surface area contributed by atoms with Crippen molar-refractivity contribution in [2.45, 2.75) is 13.8 Å². The summed E-state index contributed by atoms with van der Waals surface area (Å²) in [6.07, 6.45) is 0. The lowest BCUT2D eigenvalue weighted by Gasteiger charge is -2.06. The summed E-state index contributed by atoms with van der Waals surface area (Å²) in [5, 5.41) is 6.18. The Morgan fingerprint density at radius 3 is 2.50 bits per heavy atom. The van der Waals surface area contributed by atoms with Gasteiger partial charge in [-0.05, 0) is 19.1 Å². The number of aromatic nitrogens is 1. The van der Waals surface area contributed by atoms with E-state index in [2.05, 4.69) is 15.6 Å². The smallest absolute Gasteiger partial charge is 0.264 e. The van der Waals surface area contributed by atoms with Crippen molar-refractivity contribution < 1.29 is 18.7 Å². The van der Waals surface area contributed by atoms with Crippen LogP contribution in [0.1, 0.15) is 12.5 Å². The third kappa shape index (κ3) is 4.92. The molecule has 1 heterocycles. The van der Waals surface area contributed by atoms with Gasteiger partial charge in [-0.25, -0.2) is 9.37 Å². The standard InChI is InChI=1S/C20H18FN3O3S/c1-12-7-9-14(10-8-12)18-19(22-13(2)25)28-20(24-18)23-17(26)11-27-16-6-4-3-5-15(16)21/h3-10H,11H2,1-2H3,(H,22,25)(H,23,24,26). The zero-order valence-electron chi connectivity index (χ0n) is 15.3. The molecule has 3 rings (SSSR count). The van der Waals surface area contributed by atoms with Crippen molar-refractivity contribution in [2.75, 3.05) is 17.2 Å². The first kappa shape index (κ1) is 19.5. The molecular weight excluding hydrogens is 381 g/mol. The lowest BCUT2D eigenvalue weighted by molar-refractivity contribution is -0.118. The molecule has 1 aromatic heterocycles. The highest BCUT2D eigenvalue weighted by Crippen LogP contribution is 2.36. The second kappa shape index (κ2) is 8.62. The van der Waals surface area contributed by atoms with Gasteiger partial charge in [-0.3, -0.25) is 14.9 Å². The number of carbonyl (C=O) groups is 2. The summed E-state index contributed by atoms with van der Waals surface area (Å²) >= 11 is 1.14. The van der Waals surface area contributed by atoms with Gasteiger partial charge in [0.05, 0.1) is 0 Å². The molecule has 0 saturated heterocycles. The van der Waals surface area contributed by atoms with Gasteiger partial charge in [-0.2, -0.15) is 0 Å². The predicted octanol–water partition coefficient (Wildman–Crippen LogP) is 4.23. The van der Waals surface area contributed by atoms with E-state index in [-0.39, 0.29) is 18.3 Å². The van der Waals surface area contributed by atoms with E-state index in [1.807, 2.05) is 31.2 Å². The van der Waals surface area contributed by atoms with Crippen LogP contribution >= 0.6 is 11.3 Å². The summed E-state index contributed by atoms with van der Waals surface area (Å²) in [6.45, 7) is 3.01. The average molecular weight is 399 g/mol. The quantitative estimate of drug-likeness (QED) is 0.650. The Bertz CT molecular complexity index is 1000. The minimum absolute atomic E-state index is 0.00364. The maximum Gasteiger partial charge on any atom is 0.264 e. The molecule has 28 heavy (non-hydrogen) atoms. The van der Waals surface area contributed by atoms with Crippen LogP contribution in [0.4, 0.5) is 14.5 Å². The molecule has 2 aromatic carbocycles. The summed E-state index contributed by atoms with van der Waals surface area (Å²) in [4.78, 5) is 28.1. The number of nitrogens with one attached hydrogen (secondary N) is 2. The van der Waals surface area contributed by atoms with Gasteiger partial charge in [0.1, 0.15) is 10.7 Å². The van der Waals surface area contributed by atoms with E-state index in [0.29, 0.717) is 15.8 Å². The maximum atomic E-state index is 13.6. The third-order valence-corrected chi connectivity index (χ3v) is 4.57. The normalized spacial score (nSPS) is 10.4. The van der Waals surface area contributed by atoms with Crippen LogP contribution in [0.2, 0.25) is 0 Å². The minimum atomic E-state index is -0.542. The number of nitrogens with zero attached hydrogens (tertiary/aromatic N) is 1. The van der Waals surface area contributed by atoms with Crippen molar-refractivity contribution in [3.8, 4) is 17.0 Å². The van der Waals surface area contributed by atoms with E-state index in [1.54, 1.807) is 6.07 Å². The molecular formula is C20H18FN3O3S. The van der Waals surface area contributed by atoms with Crippen LogP contribution in [-0.2, 0) is 9.59 Å². The van der Waals surface area contributed by atoms with Gasteiger partial charge < -0.3 is 10.1 Å². The van der Waals surface area contributed by atoms with Crippen LogP contribution in [0.25, 0.3) is 11.3 Å². The number of para-hydroxylation sites is 1. The van der Waals surface area contributed by atoms with Gasteiger partial charge in [0, 0.05) is 12.5 Å². The summed E-state index contributed by atoms with van der Waals surface area (Å²) in [5.41, 5.74) is 2.47. The Balaban J connectivity index is 1.74. The van der Waals surface area contributed by atoms with Gasteiger partial charge in [0.15, 0.2) is 23.3 Å². The van der Waals surface area contributed by atoms with Crippen molar-refractivity contribution in [3.63, 3.8) is 0 Å². The Kier molecular flexibility index (Phi) is 6.00. The number of hydrogen-bond donors (Lipinski definition) is 2. The summed E-state index contributed by atoms with van der Waals surface area (Å²) in [6, 6.07) is 13.5. The highest BCUT2D eigenvalue weighted by Gasteiger charge is 2.16. The lowest BCUT2D eigenvalue weighted by atomic mass is 10.1. The van der Waals surface area contributed by atoms with Gasteiger partial charge in [-0.1, -0.05) is 53.3 Å². The van der Waals surface area contributed by atoms with Crippen LogP contribution in [0, 0.1) is 12.7 Å². The van der Waals surface area contributed by atoms with E-state index < -0.39 is 11.7 Å².